The van der Waals surface area contributed by atoms with Gasteiger partial charge in [-0.15, -0.1) is 0 Å². The average Bonchev–Trinajstić information content (AvgIpc) is 2.84. The van der Waals surface area contributed by atoms with E-state index < -0.39 is 11.8 Å². The van der Waals surface area contributed by atoms with Gasteiger partial charge in [-0.1, -0.05) is 38.3 Å². The molecule has 1 unspecified atom stereocenters. The van der Waals surface area contributed by atoms with Gasteiger partial charge in [0.05, 0.1) is 0 Å². The maximum absolute atomic E-state index is 11.7. The van der Waals surface area contributed by atoms with Gasteiger partial charge >= 0.3 is 11.8 Å². The summed E-state index contributed by atoms with van der Waals surface area (Å²) in [7, 11) is 0. The molecular weight excluding hydrogens is 258 g/mol. The summed E-state index contributed by atoms with van der Waals surface area (Å²) in [6.45, 7) is 6.46. The summed E-state index contributed by atoms with van der Waals surface area (Å²) in [6.07, 6.45) is 4.33. The number of aryl methyl sites for hydroxylation is 1. The minimum atomic E-state index is -0.719. The monoisotopic (exact) mass is 281 g/mol. The fourth-order valence-electron chi connectivity index (χ4n) is 1.86. The lowest BCUT2D eigenvalue weighted by molar-refractivity contribution is -0.136. The zero-order valence-electron chi connectivity index (χ0n) is 12.4. The summed E-state index contributed by atoms with van der Waals surface area (Å²) in [5.74, 6) is -0.114. The van der Waals surface area contributed by atoms with Gasteiger partial charge in [-0.3, -0.25) is 14.9 Å². The van der Waals surface area contributed by atoms with E-state index in [1.54, 1.807) is 13.0 Å². The van der Waals surface area contributed by atoms with Crippen molar-refractivity contribution in [2.75, 3.05) is 11.9 Å². The molecule has 0 aromatic carbocycles. The molecule has 6 heteroatoms. The highest BCUT2D eigenvalue weighted by atomic mass is 16.5. The van der Waals surface area contributed by atoms with Gasteiger partial charge in [0.25, 0.3) is 0 Å². The minimum Gasteiger partial charge on any atom is -0.360 e. The van der Waals surface area contributed by atoms with Crippen molar-refractivity contribution >= 4 is 17.6 Å². The number of nitrogens with zero attached hydrogens (tertiary/aromatic N) is 1. The van der Waals surface area contributed by atoms with Gasteiger partial charge in [-0.05, 0) is 19.3 Å². The van der Waals surface area contributed by atoms with Gasteiger partial charge in [0.2, 0.25) is 0 Å². The molecule has 0 bridgehead atoms. The van der Waals surface area contributed by atoms with Crippen molar-refractivity contribution in [3.05, 3.63) is 11.8 Å². The summed E-state index contributed by atoms with van der Waals surface area (Å²) in [6, 6.07) is 1.56. The molecule has 0 aliphatic rings. The molecule has 0 saturated carbocycles. The average molecular weight is 281 g/mol. The van der Waals surface area contributed by atoms with Gasteiger partial charge < -0.3 is 9.84 Å². The van der Waals surface area contributed by atoms with Crippen LogP contribution >= 0.6 is 0 Å². The quantitative estimate of drug-likeness (QED) is 0.751. The highest BCUT2D eigenvalue weighted by molar-refractivity contribution is 6.39. The van der Waals surface area contributed by atoms with Crippen LogP contribution < -0.4 is 10.6 Å². The maximum Gasteiger partial charge on any atom is 0.314 e. The van der Waals surface area contributed by atoms with Crippen LogP contribution in [0.15, 0.2) is 10.6 Å². The Morgan fingerprint density at radius 3 is 2.65 bits per heavy atom. The molecule has 2 N–H and O–H groups in total. The van der Waals surface area contributed by atoms with Crippen LogP contribution in [0.3, 0.4) is 0 Å². The second kappa shape index (κ2) is 8.35. The normalized spacial score (nSPS) is 11.9. The predicted molar refractivity (Wildman–Crippen MR) is 76.2 cm³/mol. The zero-order chi connectivity index (χ0) is 15.0. The molecule has 112 valence electrons. The second-order valence-electron chi connectivity index (χ2n) is 4.90. The van der Waals surface area contributed by atoms with Gasteiger partial charge in [0.15, 0.2) is 5.82 Å². The second-order valence-corrected chi connectivity index (χ2v) is 4.90. The van der Waals surface area contributed by atoms with E-state index in [9.17, 15) is 9.59 Å². The van der Waals surface area contributed by atoms with Crippen molar-refractivity contribution in [2.45, 2.75) is 46.5 Å². The molecule has 0 fully saturated rings. The largest absolute Gasteiger partial charge is 0.360 e. The Hall–Kier alpha value is -1.85. The summed E-state index contributed by atoms with van der Waals surface area (Å²) in [4.78, 5) is 23.3. The van der Waals surface area contributed by atoms with Crippen molar-refractivity contribution in [3.63, 3.8) is 0 Å². The van der Waals surface area contributed by atoms with Gasteiger partial charge in [-0.25, -0.2) is 0 Å². The van der Waals surface area contributed by atoms with Crippen molar-refractivity contribution in [1.29, 1.82) is 0 Å². The molecule has 0 aliphatic heterocycles. The Kier molecular flexibility index (Phi) is 6.76. The molecule has 1 aromatic rings. The van der Waals surface area contributed by atoms with Crippen LogP contribution in [0.2, 0.25) is 0 Å². The van der Waals surface area contributed by atoms with Crippen molar-refractivity contribution in [2.24, 2.45) is 5.92 Å². The van der Waals surface area contributed by atoms with Crippen LogP contribution in [-0.2, 0) is 9.59 Å². The molecule has 0 spiro atoms. The van der Waals surface area contributed by atoms with Crippen molar-refractivity contribution in [3.8, 4) is 0 Å². The Bertz CT molecular complexity index is 443. The first kappa shape index (κ1) is 16.2. The van der Waals surface area contributed by atoms with Crippen LogP contribution in [0.1, 0.15) is 45.3 Å². The number of nitrogens with one attached hydrogen (secondary N) is 2. The lowest BCUT2D eigenvalue weighted by Gasteiger charge is -2.14. The number of aromatic nitrogens is 1. The highest BCUT2D eigenvalue weighted by Crippen LogP contribution is 2.11. The first-order chi connectivity index (χ1) is 9.56. The molecule has 1 heterocycles. The molecule has 1 atom stereocenters. The fraction of sp³-hybridized carbons (Fsp3) is 0.643. The van der Waals surface area contributed by atoms with Gasteiger partial charge in [0.1, 0.15) is 5.76 Å². The number of rotatable bonds is 7. The van der Waals surface area contributed by atoms with Crippen LogP contribution in [0.25, 0.3) is 0 Å². The van der Waals surface area contributed by atoms with E-state index in [0.717, 1.165) is 25.7 Å². The van der Waals surface area contributed by atoms with Crippen LogP contribution in [-0.4, -0.2) is 23.5 Å². The van der Waals surface area contributed by atoms with E-state index in [0.29, 0.717) is 18.2 Å². The Labute approximate surface area is 119 Å². The first-order valence-electron chi connectivity index (χ1n) is 7.09. The number of anilines is 1. The van der Waals surface area contributed by atoms with Crippen LogP contribution in [0, 0.1) is 12.8 Å². The standard InChI is InChI=1S/C14H23N3O3/c1-4-6-7-11(5-2)9-15-13(18)14(19)16-12-8-10(3)20-17-12/h8,11H,4-7,9H2,1-3H3,(H,15,18)(H,16,17,19). The smallest absolute Gasteiger partial charge is 0.314 e. The Morgan fingerprint density at radius 2 is 2.10 bits per heavy atom. The summed E-state index contributed by atoms with van der Waals surface area (Å²) in [5, 5.41) is 8.65. The Morgan fingerprint density at radius 1 is 1.35 bits per heavy atom. The highest BCUT2D eigenvalue weighted by Gasteiger charge is 2.16. The topological polar surface area (TPSA) is 84.2 Å². The van der Waals surface area contributed by atoms with Crippen LogP contribution in [0.4, 0.5) is 5.82 Å². The van der Waals surface area contributed by atoms with E-state index in [-0.39, 0.29) is 5.82 Å². The third kappa shape index (κ3) is 5.42. The SMILES string of the molecule is CCCCC(CC)CNC(=O)C(=O)Nc1cc(C)on1. The van der Waals surface area contributed by atoms with E-state index in [4.69, 9.17) is 4.52 Å². The molecule has 2 amide bonds. The van der Waals surface area contributed by atoms with E-state index >= 15 is 0 Å². The van der Waals surface area contributed by atoms with Crippen molar-refractivity contribution < 1.29 is 14.1 Å². The zero-order valence-corrected chi connectivity index (χ0v) is 12.4. The van der Waals surface area contributed by atoms with Gasteiger partial charge in [-0.2, -0.15) is 0 Å². The first-order valence-corrected chi connectivity index (χ1v) is 7.09. The summed E-state index contributed by atoms with van der Waals surface area (Å²) >= 11 is 0. The molecule has 20 heavy (non-hydrogen) atoms. The fourth-order valence-corrected chi connectivity index (χ4v) is 1.86. The molecule has 1 aromatic heterocycles. The van der Waals surface area contributed by atoms with Crippen LogP contribution in [0.5, 0.6) is 0 Å². The molecule has 1 rings (SSSR count). The predicted octanol–water partition coefficient (Wildman–Crippen LogP) is 2.25. The van der Waals surface area contributed by atoms with E-state index in [2.05, 4.69) is 29.6 Å². The maximum atomic E-state index is 11.7. The lowest BCUT2D eigenvalue weighted by atomic mass is 9.99. The number of carbonyl (C=O) groups is 2. The molecule has 0 saturated heterocycles. The third-order valence-corrected chi connectivity index (χ3v) is 3.17. The number of hydrogen-bond acceptors (Lipinski definition) is 4. The summed E-state index contributed by atoms with van der Waals surface area (Å²) in [5.41, 5.74) is 0. The minimum absolute atomic E-state index is 0.251. The number of hydrogen-bond donors (Lipinski definition) is 2. The molecule has 6 nitrogen and oxygen atoms in total. The van der Waals surface area contributed by atoms with E-state index in [1.807, 2.05) is 0 Å². The molecule has 0 radical (unpaired) electrons. The summed E-state index contributed by atoms with van der Waals surface area (Å²) < 4.78 is 4.81. The van der Waals surface area contributed by atoms with Gasteiger partial charge in [0, 0.05) is 12.6 Å². The molecule has 0 aliphatic carbocycles. The molecular formula is C14H23N3O3. The van der Waals surface area contributed by atoms with Crippen molar-refractivity contribution in [1.82, 2.24) is 10.5 Å². The number of amides is 2. The third-order valence-electron chi connectivity index (χ3n) is 3.17. The number of unbranched alkanes of at least 4 members (excludes halogenated alkanes) is 1. The Balaban J connectivity index is 2.35. The number of carbonyl (C=O) groups excluding carboxylic acids is 2. The van der Waals surface area contributed by atoms with E-state index in [1.165, 1.54) is 0 Å². The lowest BCUT2D eigenvalue weighted by Crippen LogP contribution is -2.38.